The van der Waals surface area contributed by atoms with Crippen LogP contribution in [0.4, 0.5) is 18.9 Å². The lowest BCUT2D eigenvalue weighted by Gasteiger charge is -2.14. The maximum absolute atomic E-state index is 13.4. The molecule has 6 heteroatoms. The summed E-state index contributed by atoms with van der Waals surface area (Å²) in [6, 6.07) is 7.76. The number of rotatable bonds is 5. The highest BCUT2D eigenvalue weighted by Crippen LogP contribution is 2.22. The maximum Gasteiger partial charge on any atom is 0.152 e. The Morgan fingerprint density at radius 1 is 1.10 bits per heavy atom. The number of aliphatic hydroxyl groups is 1. The fraction of sp³-hybridized carbons (Fsp3) is 0.200. The first-order valence-corrected chi connectivity index (χ1v) is 6.21. The highest BCUT2D eigenvalue weighted by molar-refractivity contribution is 5.46. The lowest BCUT2D eigenvalue weighted by Crippen LogP contribution is -2.14. The van der Waals surface area contributed by atoms with Crippen LogP contribution in [-0.2, 0) is 0 Å². The molecule has 0 aliphatic heterocycles. The quantitative estimate of drug-likeness (QED) is 0.890. The Hall–Kier alpha value is -2.21. The Labute approximate surface area is 120 Å². The maximum atomic E-state index is 13.4. The van der Waals surface area contributed by atoms with E-state index in [1.165, 1.54) is 7.11 Å². The summed E-state index contributed by atoms with van der Waals surface area (Å²) in [6.45, 7) is -0.119. The molecular weight excluding hydrogens is 283 g/mol. The van der Waals surface area contributed by atoms with Crippen LogP contribution in [0.15, 0.2) is 36.4 Å². The summed E-state index contributed by atoms with van der Waals surface area (Å²) in [6.07, 6.45) is -0.972. The Bertz CT molecular complexity index is 594. The summed E-state index contributed by atoms with van der Waals surface area (Å²) < 4.78 is 44.6. The summed E-state index contributed by atoms with van der Waals surface area (Å²) in [5, 5.41) is 12.4. The minimum Gasteiger partial charge on any atom is -0.497 e. The third kappa shape index (κ3) is 3.66. The summed E-state index contributed by atoms with van der Waals surface area (Å²) in [5.41, 5.74) is 0.0928. The standard InChI is InChI=1S/C15H14F3NO2/c1-21-11-4-2-9(3-5-11)14(20)8-19-15-12(17)6-10(16)7-13(15)18/h2-7,14,19-20H,8H2,1H3. The van der Waals surface area contributed by atoms with Gasteiger partial charge in [0.2, 0.25) is 0 Å². The van der Waals surface area contributed by atoms with Gasteiger partial charge in [0.25, 0.3) is 0 Å². The molecule has 2 aromatic carbocycles. The zero-order valence-electron chi connectivity index (χ0n) is 11.2. The van der Waals surface area contributed by atoms with Crippen LogP contribution in [0.2, 0.25) is 0 Å². The van der Waals surface area contributed by atoms with Gasteiger partial charge in [-0.2, -0.15) is 0 Å². The number of hydrogen-bond donors (Lipinski definition) is 2. The van der Waals surface area contributed by atoms with Crippen LogP contribution in [0.5, 0.6) is 5.75 Å². The molecule has 0 saturated carbocycles. The number of aliphatic hydroxyl groups excluding tert-OH is 1. The van der Waals surface area contributed by atoms with E-state index in [9.17, 15) is 18.3 Å². The molecule has 2 rings (SSSR count). The topological polar surface area (TPSA) is 41.5 Å². The molecule has 21 heavy (non-hydrogen) atoms. The fourth-order valence-electron chi connectivity index (χ4n) is 1.85. The first-order chi connectivity index (χ1) is 10.0. The molecule has 1 unspecified atom stereocenters. The number of methoxy groups -OCH3 is 1. The molecule has 0 aliphatic rings. The Kier molecular flexibility index (Phi) is 4.70. The van der Waals surface area contributed by atoms with Crippen molar-refractivity contribution in [3.05, 3.63) is 59.4 Å². The molecule has 0 aliphatic carbocycles. The molecule has 112 valence electrons. The first kappa shape index (κ1) is 15.2. The van der Waals surface area contributed by atoms with E-state index in [0.717, 1.165) is 0 Å². The number of halogens is 3. The number of anilines is 1. The van der Waals surface area contributed by atoms with Gasteiger partial charge in [-0.1, -0.05) is 12.1 Å². The molecule has 0 radical (unpaired) electrons. The highest BCUT2D eigenvalue weighted by atomic mass is 19.1. The molecule has 0 aromatic heterocycles. The molecule has 0 amide bonds. The van der Waals surface area contributed by atoms with Crippen LogP contribution >= 0.6 is 0 Å². The van der Waals surface area contributed by atoms with E-state index in [-0.39, 0.29) is 6.54 Å². The monoisotopic (exact) mass is 297 g/mol. The summed E-state index contributed by atoms with van der Waals surface area (Å²) in [5.74, 6) is -2.45. The van der Waals surface area contributed by atoms with Crippen LogP contribution < -0.4 is 10.1 Å². The van der Waals surface area contributed by atoms with E-state index in [1.807, 2.05) is 0 Å². The van der Waals surface area contributed by atoms with Crippen molar-refractivity contribution < 1.29 is 23.0 Å². The molecule has 0 spiro atoms. The summed E-state index contributed by atoms with van der Waals surface area (Å²) in [7, 11) is 1.52. The lowest BCUT2D eigenvalue weighted by molar-refractivity contribution is 0.191. The van der Waals surface area contributed by atoms with E-state index >= 15 is 0 Å². The zero-order chi connectivity index (χ0) is 15.4. The Balaban J connectivity index is 2.05. The van der Waals surface area contributed by atoms with E-state index in [4.69, 9.17) is 4.74 Å². The first-order valence-electron chi connectivity index (χ1n) is 6.21. The Morgan fingerprint density at radius 2 is 1.67 bits per heavy atom. The molecular formula is C15H14F3NO2. The second-order valence-electron chi connectivity index (χ2n) is 4.41. The predicted molar refractivity (Wildman–Crippen MR) is 72.8 cm³/mol. The summed E-state index contributed by atoms with van der Waals surface area (Å²) >= 11 is 0. The average Bonchev–Trinajstić information content (AvgIpc) is 2.46. The molecule has 2 N–H and O–H groups in total. The molecule has 0 bridgehead atoms. The van der Waals surface area contributed by atoms with Gasteiger partial charge in [0, 0.05) is 18.7 Å². The van der Waals surface area contributed by atoms with Crippen molar-refractivity contribution in [2.75, 3.05) is 19.0 Å². The van der Waals surface area contributed by atoms with E-state index in [2.05, 4.69) is 5.32 Å². The highest BCUT2D eigenvalue weighted by Gasteiger charge is 2.14. The van der Waals surface area contributed by atoms with Crippen LogP contribution in [-0.4, -0.2) is 18.8 Å². The van der Waals surface area contributed by atoms with E-state index in [0.29, 0.717) is 23.4 Å². The molecule has 0 fully saturated rings. The third-order valence-electron chi connectivity index (χ3n) is 2.98. The van der Waals surface area contributed by atoms with Crippen LogP contribution in [0.25, 0.3) is 0 Å². The van der Waals surface area contributed by atoms with Crippen LogP contribution in [0.1, 0.15) is 11.7 Å². The van der Waals surface area contributed by atoms with Gasteiger partial charge >= 0.3 is 0 Å². The van der Waals surface area contributed by atoms with Gasteiger partial charge in [0.1, 0.15) is 17.3 Å². The van der Waals surface area contributed by atoms with Crippen molar-refractivity contribution in [2.45, 2.75) is 6.10 Å². The zero-order valence-corrected chi connectivity index (χ0v) is 11.2. The van der Waals surface area contributed by atoms with Gasteiger partial charge in [0.05, 0.1) is 13.2 Å². The summed E-state index contributed by atoms with van der Waals surface area (Å²) in [4.78, 5) is 0. The van der Waals surface area contributed by atoms with Crippen LogP contribution in [0, 0.1) is 17.5 Å². The van der Waals surface area contributed by atoms with Gasteiger partial charge in [-0.15, -0.1) is 0 Å². The largest absolute Gasteiger partial charge is 0.497 e. The number of nitrogens with one attached hydrogen (secondary N) is 1. The third-order valence-corrected chi connectivity index (χ3v) is 2.98. The van der Waals surface area contributed by atoms with Gasteiger partial charge in [-0.3, -0.25) is 0 Å². The fourth-order valence-corrected chi connectivity index (χ4v) is 1.85. The molecule has 2 aromatic rings. The normalized spacial score (nSPS) is 12.0. The minimum absolute atomic E-state index is 0.119. The van der Waals surface area contributed by atoms with Gasteiger partial charge in [-0.05, 0) is 17.7 Å². The second kappa shape index (κ2) is 6.49. The Morgan fingerprint density at radius 3 is 2.19 bits per heavy atom. The van der Waals surface area contributed by atoms with Crippen molar-refractivity contribution in [3.63, 3.8) is 0 Å². The smallest absolute Gasteiger partial charge is 0.152 e. The molecule has 3 nitrogen and oxygen atoms in total. The number of benzene rings is 2. The van der Waals surface area contributed by atoms with E-state index in [1.54, 1.807) is 24.3 Å². The van der Waals surface area contributed by atoms with E-state index < -0.39 is 29.2 Å². The van der Waals surface area contributed by atoms with Crippen molar-refractivity contribution in [3.8, 4) is 5.75 Å². The molecule has 1 atom stereocenters. The predicted octanol–water partition coefficient (Wildman–Crippen LogP) is 3.26. The van der Waals surface area contributed by atoms with Crippen LogP contribution in [0.3, 0.4) is 0 Å². The number of ether oxygens (including phenoxy) is 1. The lowest BCUT2D eigenvalue weighted by atomic mass is 10.1. The second-order valence-corrected chi connectivity index (χ2v) is 4.41. The van der Waals surface area contributed by atoms with Crippen molar-refractivity contribution >= 4 is 5.69 Å². The van der Waals surface area contributed by atoms with Gasteiger partial charge in [0.15, 0.2) is 11.6 Å². The molecule has 0 heterocycles. The van der Waals surface area contributed by atoms with Gasteiger partial charge in [-0.25, -0.2) is 13.2 Å². The van der Waals surface area contributed by atoms with Crippen molar-refractivity contribution in [1.82, 2.24) is 0 Å². The SMILES string of the molecule is COc1ccc(C(O)CNc2c(F)cc(F)cc2F)cc1. The van der Waals surface area contributed by atoms with Crippen molar-refractivity contribution in [2.24, 2.45) is 0 Å². The van der Waals surface area contributed by atoms with Crippen molar-refractivity contribution in [1.29, 1.82) is 0 Å². The minimum atomic E-state index is -1.05. The molecule has 0 saturated heterocycles. The number of hydrogen-bond acceptors (Lipinski definition) is 3. The van der Waals surface area contributed by atoms with Gasteiger partial charge < -0.3 is 15.2 Å². The average molecular weight is 297 g/mol.